The molecule has 6 heteroatoms. The van der Waals surface area contributed by atoms with Gasteiger partial charge in [-0.1, -0.05) is 66.7 Å². The van der Waals surface area contributed by atoms with E-state index in [0.717, 1.165) is 44.1 Å². The van der Waals surface area contributed by atoms with Crippen LogP contribution in [0, 0.1) is 11.3 Å². The van der Waals surface area contributed by atoms with Crippen LogP contribution in [-0.2, 0) is 0 Å². The van der Waals surface area contributed by atoms with E-state index in [1.807, 2.05) is 66.0 Å². The molecule has 180 valence electrons. The van der Waals surface area contributed by atoms with E-state index < -0.39 is 0 Å². The van der Waals surface area contributed by atoms with Crippen molar-refractivity contribution in [3.63, 3.8) is 0 Å². The number of ether oxygens (including phenoxy) is 2. The Morgan fingerprint density at radius 2 is 1.46 bits per heavy atom. The summed E-state index contributed by atoms with van der Waals surface area (Å²) in [5.74, 6) is 1.22. The minimum atomic E-state index is 0.547. The highest BCUT2D eigenvalue weighted by Gasteiger charge is 2.16. The molecule has 0 atom stereocenters. The number of nitrogens with zero attached hydrogens (tertiary/aromatic N) is 3. The highest BCUT2D eigenvalue weighted by Crippen LogP contribution is 2.39. The lowest BCUT2D eigenvalue weighted by molar-refractivity contribution is 0.355. The van der Waals surface area contributed by atoms with Gasteiger partial charge in [-0.2, -0.15) is 5.26 Å². The van der Waals surface area contributed by atoms with E-state index in [1.165, 1.54) is 11.3 Å². The average Bonchev–Trinajstić information content (AvgIpc) is 3.44. The minimum absolute atomic E-state index is 0.547. The smallest absolute Gasteiger partial charge is 0.161 e. The first kappa shape index (κ1) is 24.0. The Kier molecular flexibility index (Phi) is 7.07. The molecule has 0 unspecified atom stereocenters. The van der Waals surface area contributed by atoms with Gasteiger partial charge < -0.3 is 9.47 Å². The summed E-state index contributed by atoms with van der Waals surface area (Å²) < 4.78 is 10.8. The van der Waals surface area contributed by atoms with Gasteiger partial charge in [-0.05, 0) is 23.8 Å². The number of hydrogen-bond acceptors (Lipinski definition) is 6. The van der Waals surface area contributed by atoms with Gasteiger partial charge >= 0.3 is 0 Å². The molecule has 2 aromatic heterocycles. The topological polar surface area (TPSA) is 67.5 Å². The Hall–Kier alpha value is -4.73. The van der Waals surface area contributed by atoms with E-state index in [9.17, 15) is 5.26 Å². The summed E-state index contributed by atoms with van der Waals surface area (Å²) in [5, 5.41) is 12.1. The molecule has 0 radical (unpaired) electrons. The summed E-state index contributed by atoms with van der Waals surface area (Å²) in [4.78, 5) is 10.4. The third-order valence-electron chi connectivity index (χ3n) is 5.94. The summed E-state index contributed by atoms with van der Waals surface area (Å²) in [7, 11) is 3.19. The monoisotopic (exact) mass is 501 g/mol. The summed E-state index contributed by atoms with van der Waals surface area (Å²) in [6.45, 7) is 0. The molecule has 5 nitrogen and oxygen atoms in total. The van der Waals surface area contributed by atoms with E-state index >= 15 is 0 Å². The normalized spacial score (nSPS) is 10.4. The SMILES string of the molecule is COc1ccc(-c2cncc(-c3cc(N=C(c4ccccc4)c4ccccc4)cs3)c2C#N)cc1OC. The second kappa shape index (κ2) is 10.9. The van der Waals surface area contributed by atoms with Crippen LogP contribution in [0.2, 0.25) is 0 Å². The summed E-state index contributed by atoms with van der Waals surface area (Å²) in [5.41, 5.74) is 6.66. The van der Waals surface area contributed by atoms with Gasteiger partial charge in [0.25, 0.3) is 0 Å². The highest BCUT2D eigenvalue weighted by atomic mass is 32.1. The molecule has 2 heterocycles. The molecular formula is C31H23N3O2S. The van der Waals surface area contributed by atoms with E-state index in [4.69, 9.17) is 14.5 Å². The maximum atomic E-state index is 10.1. The molecule has 0 bridgehead atoms. The first-order valence-corrected chi connectivity index (χ1v) is 12.5. The lowest BCUT2D eigenvalue weighted by Gasteiger charge is -2.12. The third-order valence-corrected chi connectivity index (χ3v) is 6.89. The van der Waals surface area contributed by atoms with Gasteiger partial charge in [-0.15, -0.1) is 11.3 Å². The van der Waals surface area contributed by atoms with Crippen LogP contribution in [0.1, 0.15) is 16.7 Å². The van der Waals surface area contributed by atoms with Crippen molar-refractivity contribution in [2.75, 3.05) is 14.2 Å². The molecule has 3 aromatic carbocycles. The van der Waals surface area contributed by atoms with Gasteiger partial charge in [0, 0.05) is 44.9 Å². The standard InChI is InChI=1S/C31H23N3O2S/c1-35-28-14-13-23(15-29(28)36-2)26-18-33-19-27(25(26)17-32)30-16-24(20-37-30)34-31(21-9-5-3-6-10-21)22-11-7-4-8-12-22/h3-16,18-20H,1-2H3. The van der Waals surface area contributed by atoms with Crippen LogP contribution in [0.25, 0.3) is 21.6 Å². The number of benzene rings is 3. The summed E-state index contributed by atoms with van der Waals surface area (Å²) in [6.07, 6.45) is 3.44. The molecule has 0 aliphatic carbocycles. The Labute approximate surface area is 219 Å². The molecular weight excluding hydrogens is 478 g/mol. The fourth-order valence-electron chi connectivity index (χ4n) is 4.13. The largest absolute Gasteiger partial charge is 0.493 e. The second-order valence-electron chi connectivity index (χ2n) is 8.15. The zero-order valence-electron chi connectivity index (χ0n) is 20.4. The number of aromatic nitrogens is 1. The van der Waals surface area contributed by atoms with Gasteiger partial charge in [-0.3, -0.25) is 4.98 Å². The molecule has 5 rings (SSSR count). The maximum Gasteiger partial charge on any atom is 0.161 e. The minimum Gasteiger partial charge on any atom is -0.493 e. The van der Waals surface area contributed by atoms with Gasteiger partial charge in [0.1, 0.15) is 6.07 Å². The van der Waals surface area contributed by atoms with Crippen molar-refractivity contribution >= 4 is 22.7 Å². The van der Waals surface area contributed by atoms with Crippen molar-refractivity contribution in [2.24, 2.45) is 4.99 Å². The van der Waals surface area contributed by atoms with Crippen LogP contribution < -0.4 is 9.47 Å². The number of thiophene rings is 1. The number of aliphatic imine (C=N–C) groups is 1. The number of nitriles is 1. The molecule has 0 amide bonds. The molecule has 0 saturated carbocycles. The van der Waals surface area contributed by atoms with Crippen LogP contribution in [-0.4, -0.2) is 24.9 Å². The number of pyridine rings is 1. The Balaban J connectivity index is 1.57. The predicted octanol–water partition coefficient (Wildman–Crippen LogP) is 7.54. The maximum absolute atomic E-state index is 10.1. The van der Waals surface area contributed by atoms with Crippen molar-refractivity contribution in [3.05, 3.63) is 119 Å². The van der Waals surface area contributed by atoms with E-state index in [-0.39, 0.29) is 0 Å². The van der Waals surface area contributed by atoms with Crippen LogP contribution in [0.15, 0.2) is 108 Å². The van der Waals surface area contributed by atoms with Crippen molar-refractivity contribution in [1.29, 1.82) is 5.26 Å². The zero-order chi connectivity index (χ0) is 25.6. The molecule has 0 saturated heterocycles. The summed E-state index contributed by atoms with van der Waals surface area (Å²) in [6, 6.07) is 30.3. The van der Waals surface area contributed by atoms with Crippen LogP contribution in [0.5, 0.6) is 11.5 Å². The van der Waals surface area contributed by atoms with E-state index in [1.54, 1.807) is 26.6 Å². The number of methoxy groups -OCH3 is 2. The van der Waals surface area contributed by atoms with Crippen LogP contribution >= 0.6 is 11.3 Å². The molecule has 0 N–H and O–H groups in total. The highest BCUT2D eigenvalue weighted by molar-refractivity contribution is 7.14. The molecule has 5 aromatic rings. The van der Waals surface area contributed by atoms with E-state index in [2.05, 4.69) is 35.3 Å². The Morgan fingerprint density at radius 3 is 2.08 bits per heavy atom. The molecule has 0 spiro atoms. The molecule has 0 aliphatic rings. The Morgan fingerprint density at radius 1 is 0.811 bits per heavy atom. The predicted molar refractivity (Wildman–Crippen MR) is 149 cm³/mol. The first-order valence-electron chi connectivity index (χ1n) is 11.6. The molecule has 0 fully saturated rings. The van der Waals surface area contributed by atoms with Crippen molar-refractivity contribution in [3.8, 4) is 39.1 Å². The lowest BCUT2D eigenvalue weighted by atomic mass is 9.98. The zero-order valence-corrected chi connectivity index (χ0v) is 21.2. The van der Waals surface area contributed by atoms with Crippen molar-refractivity contribution in [1.82, 2.24) is 4.98 Å². The van der Waals surface area contributed by atoms with Crippen LogP contribution in [0.4, 0.5) is 5.69 Å². The number of hydrogen-bond donors (Lipinski definition) is 0. The Bertz CT molecular complexity index is 1560. The number of rotatable bonds is 7. The fourth-order valence-corrected chi connectivity index (χ4v) is 4.97. The van der Waals surface area contributed by atoms with Gasteiger partial charge in [-0.25, -0.2) is 4.99 Å². The second-order valence-corrected chi connectivity index (χ2v) is 9.06. The lowest BCUT2D eigenvalue weighted by Crippen LogP contribution is -2.02. The van der Waals surface area contributed by atoms with E-state index in [0.29, 0.717) is 17.1 Å². The quantitative estimate of drug-likeness (QED) is 0.216. The van der Waals surface area contributed by atoms with Gasteiger partial charge in [0.15, 0.2) is 11.5 Å². The van der Waals surface area contributed by atoms with Crippen molar-refractivity contribution < 1.29 is 9.47 Å². The first-order chi connectivity index (χ1) is 18.2. The third kappa shape index (κ3) is 4.99. The van der Waals surface area contributed by atoms with Gasteiger partial charge in [0.05, 0.1) is 31.2 Å². The van der Waals surface area contributed by atoms with Gasteiger partial charge in [0.2, 0.25) is 0 Å². The molecule has 37 heavy (non-hydrogen) atoms. The molecule has 0 aliphatic heterocycles. The summed E-state index contributed by atoms with van der Waals surface area (Å²) >= 11 is 1.54. The van der Waals surface area contributed by atoms with Crippen molar-refractivity contribution in [2.45, 2.75) is 0 Å². The fraction of sp³-hybridized carbons (Fsp3) is 0.0645. The van der Waals surface area contributed by atoms with Crippen LogP contribution in [0.3, 0.4) is 0 Å². The average molecular weight is 502 g/mol.